The van der Waals surface area contributed by atoms with Crippen molar-refractivity contribution in [3.05, 3.63) is 60.7 Å². The zero-order chi connectivity index (χ0) is 14.7. The van der Waals surface area contributed by atoms with Crippen molar-refractivity contribution in [2.24, 2.45) is 0 Å². The molecular weight excluding hydrogens is 314 g/mol. The Morgan fingerprint density at radius 2 is 0.905 bits per heavy atom. The minimum absolute atomic E-state index is 0. The van der Waals surface area contributed by atoms with Gasteiger partial charge in [0.25, 0.3) is 0 Å². The van der Waals surface area contributed by atoms with Crippen LogP contribution in [-0.2, 0) is 4.57 Å². The van der Waals surface area contributed by atoms with Crippen LogP contribution in [-0.4, -0.2) is 33.1 Å². The molecule has 2 aromatic rings. The first-order valence-electron chi connectivity index (χ1n) is 5.00. The minimum Gasteiger partial charge on any atom is -0.822 e. The molecule has 0 aliphatic rings. The van der Waals surface area contributed by atoms with Crippen LogP contribution < -0.4 is 14.7 Å². The molecule has 0 saturated carbocycles. The van der Waals surface area contributed by atoms with E-state index in [1.807, 2.05) is 12.1 Å². The second kappa shape index (κ2) is 13.6. The summed E-state index contributed by atoms with van der Waals surface area (Å²) in [6.07, 6.45) is 0. The van der Waals surface area contributed by atoms with E-state index in [2.05, 4.69) is 0 Å². The molecule has 0 spiro atoms. The van der Waals surface area contributed by atoms with Crippen LogP contribution >= 0.6 is 7.82 Å². The maximum atomic E-state index is 8.63. The van der Waals surface area contributed by atoms with E-state index in [1.54, 1.807) is 48.5 Å². The van der Waals surface area contributed by atoms with E-state index in [-0.39, 0.29) is 22.8 Å². The number of aromatic hydroxyl groups is 2. The predicted octanol–water partition coefficient (Wildman–Crippen LogP) is -1.25. The van der Waals surface area contributed by atoms with Gasteiger partial charge in [0.1, 0.15) is 11.5 Å². The molecule has 0 amide bonds. The zero-order valence-electron chi connectivity index (χ0n) is 10.8. The summed E-state index contributed by atoms with van der Waals surface area (Å²) in [6.45, 7) is 0. The summed E-state index contributed by atoms with van der Waals surface area (Å²) in [5, 5.41) is 17.3. The first-order valence-corrected chi connectivity index (χ1v) is 6.46. The Hall–Kier alpha value is -1.36. The summed E-state index contributed by atoms with van der Waals surface area (Å²) in [5.74, 6) is 0.644. The summed E-state index contributed by atoms with van der Waals surface area (Å²) in [6, 6.07) is 17.4. The van der Waals surface area contributed by atoms with Crippen LogP contribution in [0.25, 0.3) is 0 Å². The molecule has 0 unspecified atom stereocenters. The van der Waals surface area contributed by atoms with Gasteiger partial charge < -0.3 is 34.9 Å². The topological polar surface area (TPSA) is 158 Å². The fraction of sp³-hybridized carbons (Fsp3) is 0. The zero-order valence-corrected chi connectivity index (χ0v) is 12.9. The molecule has 112 valence electrons. The molecule has 0 saturated heterocycles. The molecule has 0 heterocycles. The maximum Gasteiger partial charge on any atom is 3.00 e. The van der Waals surface area contributed by atoms with Crippen molar-refractivity contribution >= 4 is 25.2 Å². The van der Waals surface area contributed by atoms with Gasteiger partial charge in [0, 0.05) is 0 Å². The van der Waals surface area contributed by atoms with Crippen molar-refractivity contribution in [2.75, 3.05) is 0 Å². The molecule has 2 aromatic carbocycles. The predicted molar refractivity (Wildman–Crippen MR) is 73.2 cm³/mol. The molecular formula is C12H14AlO7P. The Kier molecular flexibility index (Phi) is 16.0. The van der Waals surface area contributed by atoms with E-state index in [0.29, 0.717) is 11.5 Å². The summed E-state index contributed by atoms with van der Waals surface area (Å²) < 4.78 is 8.55. The monoisotopic (exact) mass is 328 g/mol. The molecule has 0 aliphatic heterocycles. The van der Waals surface area contributed by atoms with Crippen LogP contribution in [0.15, 0.2) is 60.7 Å². The molecule has 7 nitrogen and oxygen atoms in total. The van der Waals surface area contributed by atoms with Gasteiger partial charge in [-0.3, -0.25) is 0 Å². The number of hydrogen-bond donors (Lipinski definition) is 2. The fourth-order valence-electron chi connectivity index (χ4n) is 0.856. The molecule has 9 heteroatoms. The number of phenolic OH excluding ortho intramolecular Hbond substituents is 2. The van der Waals surface area contributed by atoms with Crippen molar-refractivity contribution in [3.63, 3.8) is 0 Å². The smallest absolute Gasteiger partial charge is 0.822 e. The number of phosphoric acid groups is 1. The molecule has 0 bridgehead atoms. The van der Waals surface area contributed by atoms with Crippen LogP contribution in [0, 0.1) is 0 Å². The summed E-state index contributed by atoms with van der Waals surface area (Å²) in [7, 11) is -5.39. The van der Waals surface area contributed by atoms with Crippen molar-refractivity contribution in [2.45, 2.75) is 0 Å². The minimum atomic E-state index is -5.39. The van der Waals surface area contributed by atoms with E-state index in [4.69, 9.17) is 29.5 Å². The second-order valence-corrected chi connectivity index (χ2v) is 4.01. The molecule has 0 radical (unpaired) electrons. The summed E-state index contributed by atoms with van der Waals surface area (Å²) in [4.78, 5) is 25.6. The van der Waals surface area contributed by atoms with Gasteiger partial charge in [-0.15, -0.1) is 0 Å². The van der Waals surface area contributed by atoms with E-state index in [9.17, 15) is 0 Å². The van der Waals surface area contributed by atoms with Crippen LogP contribution in [0.1, 0.15) is 0 Å². The van der Waals surface area contributed by atoms with Gasteiger partial charge in [0.15, 0.2) is 0 Å². The largest absolute Gasteiger partial charge is 3.00 e. The number of hydrogen-bond acceptors (Lipinski definition) is 6. The molecule has 0 aliphatic carbocycles. The van der Waals surface area contributed by atoms with Gasteiger partial charge >= 0.3 is 17.4 Å². The van der Waals surface area contributed by atoms with Crippen LogP contribution in [0.5, 0.6) is 11.5 Å². The fourth-order valence-corrected chi connectivity index (χ4v) is 0.856. The first kappa shape index (κ1) is 24.6. The van der Waals surface area contributed by atoms with Crippen molar-refractivity contribution < 1.29 is 34.9 Å². The van der Waals surface area contributed by atoms with E-state index >= 15 is 0 Å². The van der Waals surface area contributed by atoms with Gasteiger partial charge in [-0.2, -0.15) is 7.82 Å². The van der Waals surface area contributed by atoms with Crippen LogP contribution in [0.4, 0.5) is 0 Å². The van der Waals surface area contributed by atoms with Gasteiger partial charge in [-0.25, -0.2) is 0 Å². The standard InChI is InChI=1S/2C6H6O.Al.H3O4P.H2O/c2*7-6-4-2-1-3-5-6;;1-5(2,3)4;/h2*1-5,7H;;(H3,1,2,3,4);1H2/q;;+3;;/p-3. The molecule has 2 rings (SSSR count). The van der Waals surface area contributed by atoms with Crippen molar-refractivity contribution in [1.82, 2.24) is 0 Å². The SMILES string of the molecule is O.O=P([O-])([O-])[O-].Oc1ccccc1.Oc1ccccc1.[Al+3]. The third-order valence-electron chi connectivity index (χ3n) is 1.51. The molecule has 0 atom stereocenters. The Labute approximate surface area is 132 Å². The van der Waals surface area contributed by atoms with E-state index < -0.39 is 7.82 Å². The van der Waals surface area contributed by atoms with E-state index in [0.717, 1.165) is 0 Å². The Morgan fingerprint density at radius 1 is 0.714 bits per heavy atom. The normalized spacial score (nSPS) is 8.52. The number of para-hydroxylation sites is 2. The van der Waals surface area contributed by atoms with Crippen LogP contribution in [0.2, 0.25) is 0 Å². The average Bonchev–Trinajstić information content (AvgIpc) is 2.29. The Balaban J connectivity index is -0.000000225. The molecule has 0 fully saturated rings. The van der Waals surface area contributed by atoms with Crippen LogP contribution in [0.3, 0.4) is 0 Å². The third kappa shape index (κ3) is 24.1. The van der Waals surface area contributed by atoms with Gasteiger partial charge in [0.05, 0.1) is 0 Å². The Morgan fingerprint density at radius 3 is 1.00 bits per heavy atom. The van der Waals surface area contributed by atoms with Gasteiger partial charge in [-0.05, 0) is 24.3 Å². The van der Waals surface area contributed by atoms with Crippen molar-refractivity contribution in [3.8, 4) is 11.5 Å². The number of benzene rings is 2. The number of phenols is 2. The summed E-state index contributed by atoms with van der Waals surface area (Å²) in [5.41, 5.74) is 0. The van der Waals surface area contributed by atoms with E-state index in [1.165, 1.54) is 0 Å². The first-order chi connectivity index (χ1) is 8.79. The van der Waals surface area contributed by atoms with Crippen molar-refractivity contribution in [1.29, 1.82) is 0 Å². The van der Waals surface area contributed by atoms with Gasteiger partial charge in [0.2, 0.25) is 0 Å². The summed E-state index contributed by atoms with van der Waals surface area (Å²) >= 11 is 0. The molecule has 0 aromatic heterocycles. The number of rotatable bonds is 0. The average molecular weight is 328 g/mol. The molecule has 4 N–H and O–H groups in total. The Bertz CT molecular complexity index is 444. The molecule has 21 heavy (non-hydrogen) atoms. The third-order valence-corrected chi connectivity index (χ3v) is 1.51. The second-order valence-electron chi connectivity index (χ2n) is 3.12. The maximum absolute atomic E-state index is 8.63. The van der Waals surface area contributed by atoms with Gasteiger partial charge in [-0.1, -0.05) is 36.4 Å². The quantitative estimate of drug-likeness (QED) is 0.454.